The van der Waals surface area contributed by atoms with Gasteiger partial charge in [-0.15, -0.1) is 11.3 Å². The third-order valence-corrected chi connectivity index (χ3v) is 4.12. The zero-order valence-electron chi connectivity index (χ0n) is 7.44. The van der Waals surface area contributed by atoms with Crippen LogP contribution in [0, 0.1) is 0 Å². The number of likely N-dealkylation sites (tertiary alicyclic amines) is 1. The highest BCUT2D eigenvalue weighted by molar-refractivity contribution is 14.1. The SMILES string of the molecule is Nc1ncc(CN2CCC(I)C2=O)s1. The van der Waals surface area contributed by atoms with Crippen molar-refractivity contribution in [2.45, 2.75) is 16.9 Å². The van der Waals surface area contributed by atoms with Crippen LogP contribution in [0.2, 0.25) is 0 Å². The highest BCUT2D eigenvalue weighted by Crippen LogP contribution is 2.23. The molecular weight excluding hydrogens is 313 g/mol. The van der Waals surface area contributed by atoms with Crippen molar-refractivity contribution >= 4 is 45.0 Å². The fourth-order valence-corrected chi connectivity index (χ4v) is 2.81. The van der Waals surface area contributed by atoms with Gasteiger partial charge in [0.15, 0.2) is 5.13 Å². The lowest BCUT2D eigenvalue weighted by atomic mass is 10.4. The number of halogens is 1. The van der Waals surface area contributed by atoms with Crippen molar-refractivity contribution < 1.29 is 4.79 Å². The summed E-state index contributed by atoms with van der Waals surface area (Å²) in [7, 11) is 0. The molecule has 76 valence electrons. The van der Waals surface area contributed by atoms with Gasteiger partial charge in [0.25, 0.3) is 0 Å². The number of anilines is 1. The maximum atomic E-state index is 11.6. The topological polar surface area (TPSA) is 59.2 Å². The van der Waals surface area contributed by atoms with Gasteiger partial charge < -0.3 is 10.6 Å². The number of nitrogens with two attached hydrogens (primary N) is 1. The summed E-state index contributed by atoms with van der Waals surface area (Å²) in [6.07, 6.45) is 2.70. The van der Waals surface area contributed by atoms with Gasteiger partial charge in [0.05, 0.1) is 10.5 Å². The number of nitrogen functional groups attached to an aromatic ring is 1. The van der Waals surface area contributed by atoms with E-state index < -0.39 is 0 Å². The minimum absolute atomic E-state index is 0.151. The second-order valence-electron chi connectivity index (χ2n) is 3.18. The molecule has 2 rings (SSSR count). The van der Waals surface area contributed by atoms with Crippen molar-refractivity contribution in [3.05, 3.63) is 11.1 Å². The van der Waals surface area contributed by atoms with Crippen LogP contribution < -0.4 is 5.73 Å². The summed E-state index contributed by atoms with van der Waals surface area (Å²) < 4.78 is 0.151. The van der Waals surface area contributed by atoms with Crippen molar-refractivity contribution in [3.63, 3.8) is 0 Å². The van der Waals surface area contributed by atoms with Crippen molar-refractivity contribution in [1.29, 1.82) is 0 Å². The molecule has 0 saturated carbocycles. The monoisotopic (exact) mass is 323 g/mol. The summed E-state index contributed by atoms with van der Waals surface area (Å²) in [6.45, 7) is 1.51. The average Bonchev–Trinajstić information content (AvgIpc) is 2.67. The Kier molecular flexibility index (Phi) is 2.91. The van der Waals surface area contributed by atoms with Crippen LogP contribution in [-0.4, -0.2) is 26.3 Å². The van der Waals surface area contributed by atoms with E-state index in [4.69, 9.17) is 5.73 Å². The average molecular weight is 323 g/mol. The fourth-order valence-electron chi connectivity index (χ4n) is 1.44. The Morgan fingerprint density at radius 3 is 3.07 bits per heavy atom. The van der Waals surface area contributed by atoms with Crippen molar-refractivity contribution in [2.75, 3.05) is 12.3 Å². The molecular formula is C8H10IN3OS. The Morgan fingerprint density at radius 2 is 2.57 bits per heavy atom. The molecule has 1 amide bonds. The molecule has 1 fully saturated rings. The van der Waals surface area contributed by atoms with Crippen molar-refractivity contribution in [3.8, 4) is 0 Å². The smallest absolute Gasteiger partial charge is 0.235 e. The fraction of sp³-hybridized carbons (Fsp3) is 0.500. The Hall–Kier alpha value is -0.370. The number of amides is 1. The van der Waals surface area contributed by atoms with E-state index in [-0.39, 0.29) is 9.83 Å². The second kappa shape index (κ2) is 4.01. The molecule has 1 atom stereocenters. The molecule has 0 spiro atoms. The van der Waals surface area contributed by atoms with Gasteiger partial charge in [0.1, 0.15) is 0 Å². The molecule has 1 aromatic heterocycles. The highest BCUT2D eigenvalue weighted by Gasteiger charge is 2.29. The summed E-state index contributed by atoms with van der Waals surface area (Å²) in [5.41, 5.74) is 5.52. The molecule has 1 saturated heterocycles. The van der Waals surface area contributed by atoms with Crippen molar-refractivity contribution in [2.24, 2.45) is 0 Å². The molecule has 0 bridgehead atoms. The summed E-state index contributed by atoms with van der Waals surface area (Å²) in [5, 5.41) is 0.567. The van der Waals surface area contributed by atoms with Crippen LogP contribution in [-0.2, 0) is 11.3 Å². The van der Waals surface area contributed by atoms with Crippen LogP contribution in [0.1, 0.15) is 11.3 Å². The van der Waals surface area contributed by atoms with Crippen LogP contribution in [0.5, 0.6) is 0 Å². The molecule has 1 aromatic rings. The number of carbonyl (C=O) groups is 1. The normalized spacial score (nSPS) is 21.9. The predicted octanol–water partition coefficient (Wildman–Crippen LogP) is 1.26. The first-order chi connectivity index (χ1) is 6.66. The molecule has 1 unspecified atom stereocenters. The van der Waals surface area contributed by atoms with Gasteiger partial charge in [-0.05, 0) is 6.42 Å². The maximum absolute atomic E-state index is 11.6. The third kappa shape index (κ3) is 2.00. The van der Waals surface area contributed by atoms with E-state index >= 15 is 0 Å². The van der Waals surface area contributed by atoms with Gasteiger partial charge in [0, 0.05) is 17.6 Å². The van der Waals surface area contributed by atoms with E-state index in [0.717, 1.165) is 17.8 Å². The van der Waals surface area contributed by atoms with Crippen LogP contribution in [0.25, 0.3) is 0 Å². The van der Waals surface area contributed by atoms with E-state index in [2.05, 4.69) is 27.6 Å². The summed E-state index contributed by atoms with van der Waals surface area (Å²) >= 11 is 3.64. The van der Waals surface area contributed by atoms with E-state index in [0.29, 0.717) is 11.7 Å². The zero-order chi connectivity index (χ0) is 10.1. The summed E-state index contributed by atoms with van der Waals surface area (Å²) in [4.78, 5) is 18.5. The number of nitrogens with zero attached hydrogens (tertiary/aromatic N) is 2. The van der Waals surface area contributed by atoms with Gasteiger partial charge in [-0.2, -0.15) is 0 Å². The molecule has 0 radical (unpaired) electrons. The van der Waals surface area contributed by atoms with E-state index in [9.17, 15) is 4.79 Å². The van der Waals surface area contributed by atoms with Crippen LogP contribution >= 0.6 is 33.9 Å². The lowest BCUT2D eigenvalue weighted by Gasteiger charge is -2.13. The molecule has 6 heteroatoms. The lowest BCUT2D eigenvalue weighted by Crippen LogP contribution is -2.26. The standard InChI is InChI=1S/C8H10IN3OS/c9-6-1-2-12(7(6)13)4-5-3-11-8(10)14-5/h3,6H,1-2,4H2,(H2,10,11). The number of thiazole rings is 1. The first-order valence-electron chi connectivity index (χ1n) is 4.30. The third-order valence-electron chi connectivity index (χ3n) is 2.15. The van der Waals surface area contributed by atoms with Crippen LogP contribution in [0.3, 0.4) is 0 Å². The number of hydrogen-bond donors (Lipinski definition) is 1. The number of hydrogen-bond acceptors (Lipinski definition) is 4. The largest absolute Gasteiger partial charge is 0.375 e. The van der Waals surface area contributed by atoms with E-state index in [1.165, 1.54) is 11.3 Å². The van der Waals surface area contributed by atoms with E-state index in [1.54, 1.807) is 6.20 Å². The quantitative estimate of drug-likeness (QED) is 0.658. The molecule has 1 aliphatic heterocycles. The van der Waals surface area contributed by atoms with Crippen LogP contribution in [0.4, 0.5) is 5.13 Å². The molecule has 1 aliphatic rings. The minimum atomic E-state index is 0.151. The number of rotatable bonds is 2. The lowest BCUT2D eigenvalue weighted by molar-refractivity contribution is -0.127. The van der Waals surface area contributed by atoms with E-state index in [1.807, 2.05) is 4.90 Å². The van der Waals surface area contributed by atoms with Gasteiger partial charge in [-0.3, -0.25) is 4.79 Å². The molecule has 4 nitrogen and oxygen atoms in total. The van der Waals surface area contributed by atoms with Gasteiger partial charge >= 0.3 is 0 Å². The number of carbonyl (C=O) groups excluding carboxylic acids is 1. The van der Waals surface area contributed by atoms with Gasteiger partial charge in [0.2, 0.25) is 5.91 Å². The van der Waals surface area contributed by atoms with Gasteiger partial charge in [-0.1, -0.05) is 22.6 Å². The first kappa shape index (κ1) is 10.2. The van der Waals surface area contributed by atoms with Crippen molar-refractivity contribution in [1.82, 2.24) is 9.88 Å². The second-order valence-corrected chi connectivity index (χ2v) is 5.83. The minimum Gasteiger partial charge on any atom is -0.375 e. The number of alkyl halides is 1. The molecule has 0 aliphatic carbocycles. The first-order valence-corrected chi connectivity index (χ1v) is 6.36. The summed E-state index contributed by atoms with van der Waals surface area (Å²) in [6, 6.07) is 0. The molecule has 2 N–H and O–H groups in total. The summed E-state index contributed by atoms with van der Waals surface area (Å²) in [5.74, 6) is 0.234. The molecule has 14 heavy (non-hydrogen) atoms. The predicted molar refractivity (Wildman–Crippen MR) is 64.4 cm³/mol. The Bertz CT molecular complexity index is 354. The van der Waals surface area contributed by atoms with Crippen LogP contribution in [0.15, 0.2) is 6.20 Å². The Morgan fingerprint density at radius 1 is 1.79 bits per heavy atom. The molecule has 2 heterocycles. The maximum Gasteiger partial charge on any atom is 0.235 e. The Balaban J connectivity index is 2.02. The zero-order valence-corrected chi connectivity index (χ0v) is 10.4. The Labute approximate surface area is 99.6 Å². The van der Waals surface area contributed by atoms with Gasteiger partial charge in [-0.25, -0.2) is 4.98 Å². The molecule has 0 aromatic carbocycles. The highest BCUT2D eigenvalue weighted by atomic mass is 127. The number of aromatic nitrogens is 1.